The lowest BCUT2D eigenvalue weighted by Gasteiger charge is -2.11. The van der Waals surface area contributed by atoms with Crippen LogP contribution in [0.3, 0.4) is 0 Å². The van der Waals surface area contributed by atoms with Crippen LogP contribution < -0.4 is 10.6 Å². The Bertz CT molecular complexity index is 811. The number of benzene rings is 1. The summed E-state index contributed by atoms with van der Waals surface area (Å²) in [7, 11) is 0. The van der Waals surface area contributed by atoms with Gasteiger partial charge in [-0.3, -0.25) is 14.4 Å². The molecule has 3 N–H and O–H groups in total. The molecule has 0 aliphatic heterocycles. The van der Waals surface area contributed by atoms with Crippen molar-refractivity contribution in [1.82, 2.24) is 20.3 Å². The highest BCUT2D eigenvalue weighted by molar-refractivity contribution is 8.01. The van der Waals surface area contributed by atoms with Crippen LogP contribution in [0, 0.1) is 5.82 Å². The molecule has 27 heavy (non-hydrogen) atoms. The summed E-state index contributed by atoms with van der Waals surface area (Å²) in [4.78, 5) is 34.5. The van der Waals surface area contributed by atoms with Crippen molar-refractivity contribution in [2.45, 2.75) is 25.3 Å². The van der Waals surface area contributed by atoms with Crippen LogP contribution in [-0.4, -0.2) is 48.9 Å². The highest BCUT2D eigenvalue weighted by atomic mass is 32.2. The van der Waals surface area contributed by atoms with Gasteiger partial charge in [-0.25, -0.2) is 9.07 Å². The summed E-state index contributed by atoms with van der Waals surface area (Å²) in [6.45, 7) is 1.45. The van der Waals surface area contributed by atoms with Crippen molar-refractivity contribution in [1.29, 1.82) is 0 Å². The predicted octanol–water partition coefficient (Wildman–Crippen LogP) is 0.878. The van der Waals surface area contributed by atoms with Crippen LogP contribution in [0.5, 0.6) is 0 Å². The molecule has 0 aliphatic rings. The summed E-state index contributed by atoms with van der Waals surface area (Å²) in [6, 6.07) is 5.38. The van der Waals surface area contributed by atoms with Crippen LogP contribution >= 0.6 is 11.8 Å². The standard InChI is InChI=1S/C16H18FN5O4S/c1-10(27-9-14(23)19-12-4-2-11(17)3-5-12)16(26)18-6-13-7-22(21-20-13)8-15(24)25/h2-5,7,10H,6,8-9H2,1H3,(H,18,26)(H,19,23)(H,24,25). The van der Waals surface area contributed by atoms with E-state index in [9.17, 15) is 18.8 Å². The maximum Gasteiger partial charge on any atom is 0.325 e. The van der Waals surface area contributed by atoms with E-state index in [2.05, 4.69) is 20.9 Å². The fourth-order valence-corrected chi connectivity index (χ4v) is 2.67. The SMILES string of the molecule is CC(SCC(=O)Nc1ccc(F)cc1)C(=O)NCc1cn(CC(=O)O)nn1. The number of rotatable bonds is 9. The second-order valence-electron chi connectivity index (χ2n) is 5.53. The summed E-state index contributed by atoms with van der Waals surface area (Å²) >= 11 is 1.15. The number of nitrogens with one attached hydrogen (secondary N) is 2. The van der Waals surface area contributed by atoms with Gasteiger partial charge in [0, 0.05) is 5.69 Å². The van der Waals surface area contributed by atoms with Gasteiger partial charge < -0.3 is 15.7 Å². The Morgan fingerprint density at radius 1 is 1.30 bits per heavy atom. The number of carboxylic acid groups (broad SMARTS) is 1. The van der Waals surface area contributed by atoms with Gasteiger partial charge in [0.15, 0.2) is 0 Å². The number of carbonyl (C=O) groups excluding carboxylic acids is 2. The van der Waals surface area contributed by atoms with Crippen LogP contribution in [0.1, 0.15) is 12.6 Å². The van der Waals surface area contributed by atoms with Gasteiger partial charge in [-0.05, 0) is 31.2 Å². The largest absolute Gasteiger partial charge is 0.480 e. The van der Waals surface area contributed by atoms with E-state index in [-0.39, 0.29) is 30.7 Å². The summed E-state index contributed by atoms with van der Waals surface area (Å²) < 4.78 is 14.0. The van der Waals surface area contributed by atoms with Crippen LogP contribution in [-0.2, 0) is 27.5 Å². The number of aromatic nitrogens is 3. The van der Waals surface area contributed by atoms with E-state index in [1.54, 1.807) is 6.92 Å². The number of carbonyl (C=O) groups is 3. The number of anilines is 1. The molecule has 1 heterocycles. The average molecular weight is 395 g/mol. The van der Waals surface area contributed by atoms with E-state index in [0.717, 1.165) is 16.4 Å². The molecule has 0 saturated carbocycles. The van der Waals surface area contributed by atoms with Crippen LogP contribution in [0.25, 0.3) is 0 Å². The van der Waals surface area contributed by atoms with E-state index in [1.165, 1.54) is 30.5 Å². The maximum absolute atomic E-state index is 12.8. The Hall–Kier alpha value is -2.95. The lowest BCUT2D eigenvalue weighted by Crippen LogP contribution is -2.31. The molecule has 9 nitrogen and oxygen atoms in total. The molecule has 0 spiro atoms. The zero-order valence-electron chi connectivity index (χ0n) is 14.4. The first kappa shape index (κ1) is 20.4. The second-order valence-corrected chi connectivity index (χ2v) is 6.86. The second kappa shape index (κ2) is 9.67. The van der Waals surface area contributed by atoms with Crippen molar-refractivity contribution < 1.29 is 23.9 Å². The Balaban J connectivity index is 1.71. The maximum atomic E-state index is 12.8. The Morgan fingerprint density at radius 3 is 2.67 bits per heavy atom. The molecule has 1 unspecified atom stereocenters. The molecule has 11 heteroatoms. The number of aliphatic carboxylic acids is 1. The molecular weight excluding hydrogens is 377 g/mol. The zero-order chi connectivity index (χ0) is 19.8. The highest BCUT2D eigenvalue weighted by Crippen LogP contribution is 2.13. The number of thioether (sulfide) groups is 1. The van der Waals surface area contributed by atoms with Crippen molar-refractivity contribution in [3.05, 3.63) is 42.0 Å². The quantitative estimate of drug-likeness (QED) is 0.575. The normalized spacial score (nSPS) is 11.6. The van der Waals surface area contributed by atoms with Gasteiger partial charge in [-0.2, -0.15) is 0 Å². The molecular formula is C16H18FN5O4S. The Morgan fingerprint density at radius 2 is 2.00 bits per heavy atom. The lowest BCUT2D eigenvalue weighted by molar-refractivity contribution is -0.138. The van der Waals surface area contributed by atoms with Gasteiger partial charge in [0.2, 0.25) is 11.8 Å². The van der Waals surface area contributed by atoms with Crippen molar-refractivity contribution in [2.24, 2.45) is 0 Å². The smallest absolute Gasteiger partial charge is 0.325 e. The fourth-order valence-electron chi connectivity index (χ4n) is 1.96. The fraction of sp³-hybridized carbons (Fsp3) is 0.312. The third kappa shape index (κ3) is 7.05. The third-order valence-corrected chi connectivity index (χ3v) is 4.43. The molecule has 0 fully saturated rings. The molecule has 2 rings (SSSR count). The summed E-state index contributed by atoms with van der Waals surface area (Å²) in [5, 5.41) is 20.8. The van der Waals surface area contributed by atoms with E-state index in [0.29, 0.717) is 11.4 Å². The Labute approximate surface area is 158 Å². The molecule has 2 amide bonds. The topological polar surface area (TPSA) is 126 Å². The van der Waals surface area contributed by atoms with Gasteiger partial charge in [-0.1, -0.05) is 5.21 Å². The van der Waals surface area contributed by atoms with E-state index < -0.39 is 17.0 Å². The predicted molar refractivity (Wildman–Crippen MR) is 96.5 cm³/mol. The van der Waals surface area contributed by atoms with Crippen LogP contribution in [0.15, 0.2) is 30.5 Å². The first-order valence-corrected chi connectivity index (χ1v) is 8.94. The molecule has 0 aliphatic carbocycles. The lowest BCUT2D eigenvalue weighted by atomic mass is 10.3. The number of amides is 2. The monoisotopic (exact) mass is 395 g/mol. The molecule has 1 aromatic carbocycles. The van der Waals surface area contributed by atoms with Gasteiger partial charge in [0.25, 0.3) is 0 Å². The molecule has 1 atom stereocenters. The first-order valence-electron chi connectivity index (χ1n) is 7.89. The summed E-state index contributed by atoms with van der Waals surface area (Å²) in [5.41, 5.74) is 0.902. The number of hydrogen-bond acceptors (Lipinski definition) is 6. The van der Waals surface area contributed by atoms with Gasteiger partial charge in [0.1, 0.15) is 18.1 Å². The molecule has 0 saturated heterocycles. The van der Waals surface area contributed by atoms with Gasteiger partial charge in [-0.15, -0.1) is 16.9 Å². The van der Waals surface area contributed by atoms with E-state index in [4.69, 9.17) is 5.11 Å². The minimum absolute atomic E-state index is 0.0563. The molecule has 1 aromatic heterocycles. The van der Waals surface area contributed by atoms with Crippen molar-refractivity contribution in [2.75, 3.05) is 11.1 Å². The number of carboxylic acids is 1. The Kier molecular flexibility index (Phi) is 7.29. The molecule has 2 aromatic rings. The van der Waals surface area contributed by atoms with Gasteiger partial charge >= 0.3 is 5.97 Å². The zero-order valence-corrected chi connectivity index (χ0v) is 15.2. The highest BCUT2D eigenvalue weighted by Gasteiger charge is 2.16. The number of hydrogen-bond donors (Lipinski definition) is 3. The molecule has 0 bridgehead atoms. The van der Waals surface area contributed by atoms with Crippen molar-refractivity contribution >= 4 is 35.2 Å². The van der Waals surface area contributed by atoms with Crippen LogP contribution in [0.2, 0.25) is 0 Å². The minimum Gasteiger partial charge on any atom is -0.480 e. The number of halogens is 1. The van der Waals surface area contributed by atoms with E-state index in [1.807, 2.05) is 0 Å². The van der Waals surface area contributed by atoms with Crippen molar-refractivity contribution in [3.63, 3.8) is 0 Å². The van der Waals surface area contributed by atoms with Crippen LogP contribution in [0.4, 0.5) is 10.1 Å². The minimum atomic E-state index is -1.04. The number of nitrogens with zero attached hydrogens (tertiary/aromatic N) is 3. The van der Waals surface area contributed by atoms with E-state index >= 15 is 0 Å². The molecule has 144 valence electrons. The first-order chi connectivity index (χ1) is 12.8. The van der Waals surface area contributed by atoms with Crippen molar-refractivity contribution in [3.8, 4) is 0 Å². The average Bonchev–Trinajstić information content (AvgIpc) is 3.06. The summed E-state index contributed by atoms with van der Waals surface area (Å²) in [5.74, 6) is -1.97. The summed E-state index contributed by atoms with van der Waals surface area (Å²) in [6.07, 6.45) is 1.43. The molecule has 0 radical (unpaired) electrons. The third-order valence-electron chi connectivity index (χ3n) is 3.29. The van der Waals surface area contributed by atoms with Gasteiger partial charge in [0.05, 0.1) is 23.7 Å².